The molecule has 0 rings (SSSR count). The second-order valence-corrected chi connectivity index (χ2v) is 17.1. The number of rotatable bonds is 40. The summed E-state index contributed by atoms with van der Waals surface area (Å²) in [6, 6.07) is 0. The Morgan fingerprint density at radius 2 is 1.02 bits per heavy atom. The van der Waals surface area contributed by atoms with Crippen LogP contribution in [0, 0.1) is 0 Å². The quantitative estimate of drug-likeness (QED) is 0.0203. The van der Waals surface area contributed by atoms with Crippen molar-refractivity contribution in [2.45, 2.75) is 200 Å². The molecule has 0 aromatic rings. The zero-order valence-corrected chi connectivity index (χ0v) is 35.2. The lowest BCUT2D eigenvalue weighted by Crippen LogP contribution is -2.37. The third-order valence-corrected chi connectivity index (χ3v) is 10.3. The van der Waals surface area contributed by atoms with Gasteiger partial charge in [0.25, 0.3) is 7.82 Å². The summed E-state index contributed by atoms with van der Waals surface area (Å²) in [5.41, 5.74) is 0. The molecule has 0 amide bonds. The number of phosphoric ester groups is 1. The molecule has 0 radical (unpaired) electrons. The summed E-state index contributed by atoms with van der Waals surface area (Å²) in [6.45, 7) is 5.43. The number of ether oxygens (including phenoxy) is 2. The number of hydrogen-bond donors (Lipinski definition) is 0. The number of carbonyl (C=O) groups excluding carboxylic acids is 1. The highest BCUT2D eigenvalue weighted by atomic mass is 31.2. The normalized spacial score (nSPS) is 13.9. The molecule has 0 fully saturated rings. The minimum atomic E-state index is -4.52. The molecule has 9 heteroatoms. The predicted molar refractivity (Wildman–Crippen MR) is 213 cm³/mol. The maximum Gasteiger partial charge on any atom is 0.306 e. The van der Waals surface area contributed by atoms with Crippen LogP contribution in [0.15, 0.2) is 12.2 Å². The van der Waals surface area contributed by atoms with E-state index < -0.39 is 13.9 Å². The second-order valence-electron chi connectivity index (χ2n) is 15.7. The van der Waals surface area contributed by atoms with Crippen molar-refractivity contribution in [2.75, 3.05) is 54.1 Å². The zero-order chi connectivity index (χ0) is 37.7. The molecule has 8 nitrogen and oxygen atoms in total. The summed E-state index contributed by atoms with van der Waals surface area (Å²) >= 11 is 0. The molecule has 2 unspecified atom stereocenters. The molecule has 0 saturated heterocycles. The molecular weight excluding hydrogens is 661 g/mol. The molecule has 0 aromatic heterocycles. The van der Waals surface area contributed by atoms with Crippen molar-refractivity contribution in [1.29, 1.82) is 0 Å². The first-order chi connectivity index (χ1) is 24.6. The monoisotopic (exact) mass is 746 g/mol. The Labute approximate surface area is 316 Å². The van der Waals surface area contributed by atoms with Crippen LogP contribution in [-0.4, -0.2) is 70.7 Å². The minimum absolute atomic E-state index is 0.0276. The van der Waals surface area contributed by atoms with Crippen LogP contribution in [0.25, 0.3) is 0 Å². The topological polar surface area (TPSA) is 94.1 Å². The van der Waals surface area contributed by atoms with Crippen LogP contribution in [0.4, 0.5) is 0 Å². The van der Waals surface area contributed by atoms with E-state index in [9.17, 15) is 14.3 Å². The van der Waals surface area contributed by atoms with Gasteiger partial charge in [-0.1, -0.05) is 161 Å². The summed E-state index contributed by atoms with van der Waals surface area (Å²) in [6.07, 6.45) is 37.8. The van der Waals surface area contributed by atoms with Crippen molar-refractivity contribution in [3.63, 3.8) is 0 Å². The molecule has 0 aliphatic rings. The van der Waals surface area contributed by atoms with Crippen LogP contribution in [0.3, 0.4) is 0 Å². The van der Waals surface area contributed by atoms with Crippen molar-refractivity contribution < 1.29 is 37.3 Å². The Hall–Kier alpha value is -0.760. The number of unbranched alkanes of at least 4 members (excludes halogenated alkanes) is 24. The van der Waals surface area contributed by atoms with Crippen molar-refractivity contribution >= 4 is 13.8 Å². The minimum Gasteiger partial charge on any atom is -0.756 e. The van der Waals surface area contributed by atoms with E-state index >= 15 is 0 Å². The standard InChI is InChI=1S/C42H84NO7P/c1-6-8-10-12-14-16-18-20-22-23-25-27-29-31-33-35-42(44)50-41(40-49-51(45,46)48-38-36-43(3,4)5)39-47-37-34-32-30-28-26-24-21-19-17-15-13-11-9-7-2/h20,22,41H,6-19,21,23-40H2,1-5H3. The fourth-order valence-electron chi connectivity index (χ4n) is 5.95. The molecule has 0 bridgehead atoms. The summed E-state index contributed by atoms with van der Waals surface area (Å²) in [4.78, 5) is 25.0. The van der Waals surface area contributed by atoms with Crippen molar-refractivity contribution in [3.8, 4) is 0 Å². The molecule has 0 aromatic carbocycles. The number of carbonyl (C=O) groups is 1. The fraction of sp³-hybridized carbons (Fsp3) is 0.929. The zero-order valence-electron chi connectivity index (χ0n) is 34.3. The molecule has 0 saturated carbocycles. The molecule has 304 valence electrons. The van der Waals surface area contributed by atoms with Gasteiger partial charge in [0.05, 0.1) is 34.4 Å². The lowest BCUT2D eigenvalue weighted by atomic mass is 10.0. The van der Waals surface area contributed by atoms with Crippen LogP contribution >= 0.6 is 7.82 Å². The number of nitrogens with zero attached hydrogens (tertiary/aromatic N) is 1. The summed E-state index contributed by atoms with van der Waals surface area (Å²) in [5, 5.41) is 0. The van der Waals surface area contributed by atoms with Gasteiger partial charge in [-0.05, 0) is 38.5 Å². The number of phosphoric acid groups is 1. The number of quaternary nitrogens is 1. The van der Waals surface area contributed by atoms with Crippen molar-refractivity contribution in [3.05, 3.63) is 12.2 Å². The van der Waals surface area contributed by atoms with E-state index in [0.29, 0.717) is 24.1 Å². The predicted octanol–water partition coefficient (Wildman–Crippen LogP) is 11.6. The molecule has 0 aliphatic carbocycles. The SMILES string of the molecule is CCCCCCCCC=CCCCCCCCC(=O)OC(COCCCCCCCCCCCCCCCC)COP(=O)([O-])OCC[N+](C)(C)C. The number of hydrogen-bond acceptors (Lipinski definition) is 7. The van der Waals surface area contributed by atoms with Gasteiger partial charge in [0.1, 0.15) is 19.3 Å². The first-order valence-corrected chi connectivity index (χ1v) is 22.9. The second kappa shape index (κ2) is 36.2. The third kappa shape index (κ3) is 40.3. The Morgan fingerprint density at radius 1 is 0.588 bits per heavy atom. The van der Waals surface area contributed by atoms with Gasteiger partial charge >= 0.3 is 5.97 Å². The van der Waals surface area contributed by atoms with Gasteiger partial charge in [0, 0.05) is 13.0 Å². The first kappa shape index (κ1) is 50.2. The van der Waals surface area contributed by atoms with Gasteiger partial charge in [-0.2, -0.15) is 0 Å². The maximum atomic E-state index is 12.6. The van der Waals surface area contributed by atoms with E-state index in [1.165, 1.54) is 128 Å². The van der Waals surface area contributed by atoms with Crippen LogP contribution < -0.4 is 4.89 Å². The summed E-state index contributed by atoms with van der Waals surface area (Å²) < 4.78 is 34.5. The van der Waals surface area contributed by atoms with E-state index in [-0.39, 0.29) is 25.8 Å². The number of esters is 1. The maximum absolute atomic E-state index is 12.6. The fourth-order valence-corrected chi connectivity index (χ4v) is 6.68. The average molecular weight is 746 g/mol. The van der Waals surface area contributed by atoms with Crippen LogP contribution in [0.1, 0.15) is 194 Å². The number of likely N-dealkylation sites (N-methyl/N-ethyl adjacent to an activating group) is 1. The molecule has 0 heterocycles. The van der Waals surface area contributed by atoms with Gasteiger partial charge in [-0.3, -0.25) is 9.36 Å². The van der Waals surface area contributed by atoms with Gasteiger partial charge in [-0.15, -0.1) is 0 Å². The van der Waals surface area contributed by atoms with Crippen LogP contribution in [0.5, 0.6) is 0 Å². The van der Waals surface area contributed by atoms with E-state index in [1.807, 2.05) is 21.1 Å². The molecular formula is C42H84NO7P. The van der Waals surface area contributed by atoms with E-state index in [2.05, 4.69) is 26.0 Å². The molecule has 0 N–H and O–H groups in total. The van der Waals surface area contributed by atoms with Gasteiger partial charge < -0.3 is 27.9 Å². The van der Waals surface area contributed by atoms with Crippen LogP contribution in [-0.2, 0) is 27.9 Å². The number of allylic oxidation sites excluding steroid dienone is 2. The highest BCUT2D eigenvalue weighted by molar-refractivity contribution is 7.45. The molecule has 2 atom stereocenters. The lowest BCUT2D eigenvalue weighted by molar-refractivity contribution is -0.870. The molecule has 0 spiro atoms. The molecule has 51 heavy (non-hydrogen) atoms. The van der Waals surface area contributed by atoms with Gasteiger partial charge in [-0.25, -0.2) is 0 Å². The molecule has 0 aliphatic heterocycles. The summed E-state index contributed by atoms with van der Waals surface area (Å²) in [7, 11) is 1.36. The van der Waals surface area contributed by atoms with Crippen molar-refractivity contribution in [2.24, 2.45) is 0 Å². The van der Waals surface area contributed by atoms with E-state index in [4.69, 9.17) is 18.5 Å². The smallest absolute Gasteiger partial charge is 0.306 e. The van der Waals surface area contributed by atoms with E-state index in [1.54, 1.807) is 0 Å². The Bertz CT molecular complexity index is 833. The first-order valence-electron chi connectivity index (χ1n) is 21.4. The highest BCUT2D eigenvalue weighted by Crippen LogP contribution is 2.38. The van der Waals surface area contributed by atoms with E-state index in [0.717, 1.165) is 44.9 Å². The van der Waals surface area contributed by atoms with Gasteiger partial charge in [0.2, 0.25) is 0 Å². The Kier molecular flexibility index (Phi) is 35.7. The Morgan fingerprint density at radius 3 is 1.49 bits per heavy atom. The highest BCUT2D eigenvalue weighted by Gasteiger charge is 2.20. The summed E-state index contributed by atoms with van der Waals surface area (Å²) in [5.74, 6) is -0.340. The van der Waals surface area contributed by atoms with Gasteiger partial charge in [0.15, 0.2) is 0 Å². The Balaban J connectivity index is 4.24. The average Bonchev–Trinajstić information content (AvgIpc) is 3.08. The van der Waals surface area contributed by atoms with Crippen LogP contribution in [0.2, 0.25) is 0 Å². The van der Waals surface area contributed by atoms with Crippen molar-refractivity contribution in [1.82, 2.24) is 0 Å². The lowest BCUT2D eigenvalue weighted by Gasteiger charge is -2.28. The largest absolute Gasteiger partial charge is 0.756 e. The third-order valence-electron chi connectivity index (χ3n) is 9.32.